The summed E-state index contributed by atoms with van der Waals surface area (Å²) in [6.07, 6.45) is -3.50. The smallest absolute Gasteiger partial charge is 0.329 e. The second kappa shape index (κ2) is 7.96. The molecule has 0 fully saturated rings. The van der Waals surface area contributed by atoms with Crippen molar-refractivity contribution in [1.29, 1.82) is 0 Å². The van der Waals surface area contributed by atoms with Gasteiger partial charge >= 0.3 is 12.1 Å². The van der Waals surface area contributed by atoms with Crippen molar-refractivity contribution in [3.63, 3.8) is 0 Å². The average Bonchev–Trinajstić information content (AvgIpc) is 3.13. The molecule has 0 aliphatic carbocycles. The number of carbonyl (C=O) groups excluding carboxylic acids is 1. The normalized spacial score (nSPS) is 13.7. The van der Waals surface area contributed by atoms with Gasteiger partial charge < -0.3 is 4.52 Å². The Morgan fingerprint density at radius 1 is 1.14 bits per heavy atom. The van der Waals surface area contributed by atoms with Crippen LogP contribution in [0.1, 0.15) is 11.5 Å². The summed E-state index contributed by atoms with van der Waals surface area (Å²) in [5.41, 5.74) is 0.825. The molecule has 152 valence electrons. The fourth-order valence-electron chi connectivity index (χ4n) is 2.37. The van der Waals surface area contributed by atoms with Crippen molar-refractivity contribution in [2.24, 2.45) is 4.36 Å². The number of halogens is 4. The second-order valence-electron chi connectivity index (χ2n) is 6.04. The number of hydrogen-bond acceptors (Lipinski definition) is 5. The van der Waals surface area contributed by atoms with E-state index in [9.17, 15) is 22.2 Å². The first-order valence-corrected chi connectivity index (χ1v) is 10.4. The number of hydrogen-bond donors (Lipinski definition) is 0. The minimum atomic E-state index is -4.73. The van der Waals surface area contributed by atoms with Crippen LogP contribution < -0.4 is 0 Å². The zero-order valence-corrected chi connectivity index (χ0v) is 16.4. The van der Waals surface area contributed by atoms with Gasteiger partial charge in [-0.15, -0.1) is 0 Å². The van der Waals surface area contributed by atoms with Crippen LogP contribution in [0.3, 0.4) is 0 Å². The van der Waals surface area contributed by atoms with E-state index in [2.05, 4.69) is 19.0 Å². The number of carbonyl (C=O) groups is 1. The second-order valence-corrected chi connectivity index (χ2v) is 8.73. The molecule has 1 aromatic heterocycles. The number of nitrogens with zero attached hydrogens (tertiary/aromatic N) is 3. The topological polar surface area (TPSA) is 85.4 Å². The van der Waals surface area contributed by atoms with Crippen molar-refractivity contribution < 1.29 is 26.7 Å². The largest absolute Gasteiger partial charge is 0.471 e. The van der Waals surface area contributed by atoms with Crippen molar-refractivity contribution in [1.82, 2.24) is 10.1 Å². The molecule has 3 aromatic rings. The van der Waals surface area contributed by atoms with Crippen LogP contribution in [0, 0.1) is 0 Å². The Morgan fingerprint density at radius 2 is 1.76 bits per heavy atom. The molecule has 0 aliphatic rings. The maximum absolute atomic E-state index is 12.7. The third kappa shape index (κ3) is 5.21. The first-order chi connectivity index (χ1) is 13.5. The van der Waals surface area contributed by atoms with Crippen molar-refractivity contribution >= 4 is 27.2 Å². The summed E-state index contributed by atoms with van der Waals surface area (Å²) in [7, 11) is -2.93. The van der Waals surface area contributed by atoms with E-state index < -0.39 is 27.7 Å². The van der Waals surface area contributed by atoms with Gasteiger partial charge in [-0.3, -0.25) is 4.79 Å². The Kier molecular flexibility index (Phi) is 5.76. The molecule has 0 aliphatic heterocycles. The molecule has 3 rings (SSSR count). The molecule has 11 heteroatoms. The highest BCUT2D eigenvalue weighted by Crippen LogP contribution is 2.29. The van der Waals surface area contributed by atoms with E-state index >= 15 is 0 Å². The molecule has 0 N–H and O–H groups in total. The summed E-state index contributed by atoms with van der Waals surface area (Å²) >= 11 is 5.79. The highest BCUT2D eigenvalue weighted by Gasteiger charge is 2.38. The van der Waals surface area contributed by atoms with Crippen LogP contribution in [-0.4, -0.2) is 26.5 Å². The highest BCUT2D eigenvalue weighted by molar-refractivity contribution is 7.93. The maximum Gasteiger partial charge on any atom is 0.471 e. The Balaban J connectivity index is 1.74. The SMILES string of the molecule is CS(=O)(=NC(=O)Cc1ccc(-c2noc(C(F)(F)F)n2)cc1)c1ccc(Cl)cc1. The van der Waals surface area contributed by atoms with E-state index in [4.69, 9.17) is 11.6 Å². The zero-order chi connectivity index (χ0) is 21.2. The Morgan fingerprint density at radius 3 is 2.31 bits per heavy atom. The average molecular weight is 444 g/mol. The van der Waals surface area contributed by atoms with Crippen LogP contribution in [0.5, 0.6) is 0 Å². The fourth-order valence-corrected chi connectivity index (χ4v) is 3.69. The number of aromatic nitrogens is 2. The third-order valence-corrected chi connectivity index (χ3v) is 5.71. The van der Waals surface area contributed by atoms with E-state index in [1.54, 1.807) is 12.1 Å². The zero-order valence-electron chi connectivity index (χ0n) is 14.8. The lowest BCUT2D eigenvalue weighted by Gasteiger charge is -2.04. The Labute approximate surface area is 168 Å². The lowest BCUT2D eigenvalue weighted by atomic mass is 10.1. The van der Waals surface area contributed by atoms with Gasteiger partial charge in [-0.1, -0.05) is 41.0 Å². The van der Waals surface area contributed by atoms with Gasteiger partial charge in [0.2, 0.25) is 5.82 Å². The van der Waals surface area contributed by atoms with Crippen LogP contribution in [0.15, 0.2) is 62.3 Å². The molecule has 6 nitrogen and oxygen atoms in total. The van der Waals surface area contributed by atoms with Crippen molar-refractivity contribution in [2.45, 2.75) is 17.5 Å². The van der Waals surface area contributed by atoms with Gasteiger partial charge in [-0.2, -0.15) is 22.5 Å². The third-order valence-electron chi connectivity index (χ3n) is 3.76. The summed E-state index contributed by atoms with van der Waals surface area (Å²) in [6, 6.07) is 12.1. The molecule has 0 spiro atoms. The van der Waals surface area contributed by atoms with Crippen LogP contribution in [-0.2, 0) is 27.1 Å². The summed E-state index contributed by atoms with van der Waals surface area (Å²) in [5.74, 6) is -2.26. The molecular formula is C18H13ClF3N3O3S. The monoisotopic (exact) mass is 443 g/mol. The molecule has 1 heterocycles. The highest BCUT2D eigenvalue weighted by atomic mass is 35.5. The van der Waals surface area contributed by atoms with E-state index in [1.807, 2.05) is 0 Å². The van der Waals surface area contributed by atoms with Gasteiger partial charge in [0, 0.05) is 21.7 Å². The quantitative estimate of drug-likeness (QED) is 0.586. The van der Waals surface area contributed by atoms with Crippen LogP contribution in [0.4, 0.5) is 13.2 Å². The van der Waals surface area contributed by atoms with Gasteiger partial charge in [-0.25, -0.2) is 4.21 Å². The van der Waals surface area contributed by atoms with Gasteiger partial charge in [-0.05, 0) is 29.8 Å². The molecule has 0 saturated heterocycles. The molecular weight excluding hydrogens is 431 g/mol. The van der Waals surface area contributed by atoms with Crippen LogP contribution in [0.25, 0.3) is 11.4 Å². The van der Waals surface area contributed by atoms with Crippen LogP contribution in [0.2, 0.25) is 5.02 Å². The number of alkyl halides is 3. The fraction of sp³-hybridized carbons (Fsp3) is 0.167. The summed E-state index contributed by atoms with van der Waals surface area (Å²) in [4.78, 5) is 15.9. The van der Waals surface area contributed by atoms with Crippen molar-refractivity contribution in [3.8, 4) is 11.4 Å². The lowest BCUT2D eigenvalue weighted by molar-refractivity contribution is -0.159. The van der Waals surface area contributed by atoms with Gasteiger partial charge in [0.1, 0.15) is 0 Å². The lowest BCUT2D eigenvalue weighted by Crippen LogP contribution is -2.06. The molecule has 0 saturated carbocycles. The molecule has 0 radical (unpaired) electrons. The predicted molar refractivity (Wildman–Crippen MR) is 99.7 cm³/mol. The molecule has 29 heavy (non-hydrogen) atoms. The number of amides is 1. The number of rotatable bonds is 4. The Bertz CT molecular complexity index is 1150. The van der Waals surface area contributed by atoms with E-state index in [-0.39, 0.29) is 17.8 Å². The summed E-state index contributed by atoms with van der Waals surface area (Å²) < 4.78 is 58.2. The molecule has 1 atom stereocenters. The van der Waals surface area contributed by atoms with Crippen molar-refractivity contribution in [3.05, 3.63) is 65.0 Å². The number of benzene rings is 2. The summed E-state index contributed by atoms with van der Waals surface area (Å²) in [6.45, 7) is 0. The van der Waals surface area contributed by atoms with Gasteiger partial charge in [0.15, 0.2) is 0 Å². The van der Waals surface area contributed by atoms with E-state index in [1.165, 1.54) is 42.7 Å². The van der Waals surface area contributed by atoms with Crippen LogP contribution >= 0.6 is 11.6 Å². The van der Waals surface area contributed by atoms with Crippen molar-refractivity contribution in [2.75, 3.05) is 6.26 Å². The Hall–Kier alpha value is -2.72. The molecule has 0 bridgehead atoms. The first kappa shape index (κ1) is 21.0. The summed E-state index contributed by atoms with van der Waals surface area (Å²) in [5, 5.41) is 3.76. The minimum Gasteiger partial charge on any atom is -0.329 e. The van der Waals surface area contributed by atoms with E-state index in [0.29, 0.717) is 15.5 Å². The van der Waals surface area contributed by atoms with Gasteiger partial charge in [0.25, 0.3) is 5.91 Å². The first-order valence-electron chi connectivity index (χ1n) is 8.05. The molecule has 1 unspecified atom stereocenters. The van der Waals surface area contributed by atoms with Gasteiger partial charge in [0.05, 0.1) is 16.1 Å². The standard InChI is InChI=1S/C18H13ClF3N3O3S/c1-29(27,14-8-6-13(19)7-9-14)25-15(26)10-11-2-4-12(5-3-11)16-23-17(28-24-16)18(20,21)22/h2-9H,10H2,1H3. The maximum atomic E-state index is 12.7. The van der Waals surface area contributed by atoms with E-state index in [0.717, 1.165) is 0 Å². The molecule has 2 aromatic carbocycles. The minimum absolute atomic E-state index is 0.126. The predicted octanol–water partition coefficient (Wildman–Crippen LogP) is 4.63. The molecule has 1 amide bonds.